The van der Waals surface area contributed by atoms with Crippen molar-refractivity contribution in [2.24, 2.45) is 28.8 Å². The molecule has 2 aliphatic heterocycles. The van der Waals surface area contributed by atoms with Gasteiger partial charge in [-0.3, -0.25) is 0 Å². The molecule has 1 aromatic carbocycles. The van der Waals surface area contributed by atoms with Crippen molar-refractivity contribution >= 4 is 27.6 Å². The van der Waals surface area contributed by atoms with Crippen LogP contribution in [0.3, 0.4) is 0 Å². The minimum absolute atomic E-state index is 0.105. The summed E-state index contributed by atoms with van der Waals surface area (Å²) in [7, 11) is 0. The summed E-state index contributed by atoms with van der Waals surface area (Å²) in [4.78, 5) is 17.6. The Bertz CT molecular complexity index is 690. The van der Waals surface area contributed by atoms with Crippen LogP contribution in [0.15, 0.2) is 33.9 Å². The van der Waals surface area contributed by atoms with E-state index in [0.29, 0.717) is 24.7 Å². The number of carbonyl (C=O) groups is 1. The molecule has 0 N–H and O–H groups in total. The average Bonchev–Trinajstić information content (AvgIpc) is 2.81. The van der Waals surface area contributed by atoms with Crippen LogP contribution in [0.1, 0.15) is 44.5 Å². The molecule has 5 atom stereocenters. The van der Waals surface area contributed by atoms with Crippen molar-refractivity contribution in [1.29, 1.82) is 0 Å². The minimum Gasteiger partial charge on any atom is -0.350 e. The first-order valence-corrected chi connectivity index (χ1v) is 9.97. The van der Waals surface area contributed by atoms with Gasteiger partial charge in [0, 0.05) is 22.2 Å². The summed E-state index contributed by atoms with van der Waals surface area (Å²) >= 11 is 3.36. The number of nitrogens with zero attached hydrogens (tertiary/aromatic N) is 1. The van der Waals surface area contributed by atoms with Crippen molar-refractivity contribution in [1.82, 2.24) is 0 Å². The fraction of sp³-hybridized carbons (Fsp3) is 0.600. The van der Waals surface area contributed by atoms with Crippen molar-refractivity contribution < 1.29 is 19.1 Å². The van der Waals surface area contributed by atoms with Crippen LogP contribution in [0.2, 0.25) is 0 Å². The molecule has 5 nitrogen and oxygen atoms in total. The Labute approximate surface area is 163 Å². The molecule has 142 valence electrons. The number of oxime groups is 1. The lowest BCUT2D eigenvalue weighted by Gasteiger charge is -2.39. The predicted octanol–water partition coefficient (Wildman–Crippen LogP) is 4.65. The molecule has 0 amide bonds. The van der Waals surface area contributed by atoms with Gasteiger partial charge in [-0.2, -0.15) is 0 Å². The maximum absolute atomic E-state index is 12.3. The molecule has 2 aliphatic rings. The van der Waals surface area contributed by atoms with Crippen LogP contribution in [0, 0.1) is 23.7 Å². The summed E-state index contributed by atoms with van der Waals surface area (Å²) in [6.45, 7) is 9.58. The topological polar surface area (TPSA) is 57.1 Å². The second kappa shape index (κ2) is 7.79. The first kappa shape index (κ1) is 19.5. The number of hydrogen-bond acceptors (Lipinski definition) is 5. The van der Waals surface area contributed by atoms with Gasteiger partial charge in [0.15, 0.2) is 5.79 Å². The molecule has 3 rings (SSSR count). The zero-order valence-corrected chi connectivity index (χ0v) is 17.3. The average molecular weight is 424 g/mol. The molecule has 0 spiro atoms. The van der Waals surface area contributed by atoms with Gasteiger partial charge >= 0.3 is 5.97 Å². The molecule has 0 unspecified atom stereocenters. The highest BCUT2D eigenvalue weighted by Crippen LogP contribution is 2.46. The summed E-state index contributed by atoms with van der Waals surface area (Å²) in [5.41, 5.74) is 1.37. The molecule has 0 radical (unpaired) electrons. The Morgan fingerprint density at radius 2 is 2.00 bits per heavy atom. The highest BCUT2D eigenvalue weighted by Gasteiger charge is 2.53. The SMILES string of the molecule is CC[C@@H](C)/C(=N\OC(=O)c1ccc(Br)cc1)[C@H]1CO[C@]2(C)OC[C@H]1[C@H]2C. The van der Waals surface area contributed by atoms with Gasteiger partial charge in [-0.1, -0.05) is 41.9 Å². The molecule has 2 fully saturated rings. The van der Waals surface area contributed by atoms with E-state index in [9.17, 15) is 4.79 Å². The van der Waals surface area contributed by atoms with Crippen LogP contribution in [0.25, 0.3) is 0 Å². The summed E-state index contributed by atoms with van der Waals surface area (Å²) in [6.07, 6.45) is 0.921. The standard InChI is InChI=1S/C20H26BrNO4/c1-5-12(2)18(17-11-25-20(4)13(3)16(17)10-24-20)22-26-19(23)14-6-8-15(21)9-7-14/h6-9,12-13,16-17H,5,10-11H2,1-4H3/b22-18+/t12-,13-,16+,17+,20+/m1/s1. The Kier molecular flexibility index (Phi) is 5.85. The lowest BCUT2D eigenvalue weighted by molar-refractivity contribution is -0.228. The summed E-state index contributed by atoms with van der Waals surface area (Å²) in [5, 5.41) is 4.31. The van der Waals surface area contributed by atoms with E-state index in [4.69, 9.17) is 14.3 Å². The van der Waals surface area contributed by atoms with Gasteiger partial charge in [-0.25, -0.2) is 4.79 Å². The molecule has 2 bridgehead atoms. The number of hydrogen-bond donors (Lipinski definition) is 0. The van der Waals surface area contributed by atoms with E-state index in [2.05, 4.69) is 41.9 Å². The Balaban J connectivity index is 1.79. The Morgan fingerprint density at radius 1 is 1.35 bits per heavy atom. The number of rotatable bonds is 5. The van der Waals surface area contributed by atoms with Gasteiger partial charge in [0.1, 0.15) is 0 Å². The molecular weight excluding hydrogens is 398 g/mol. The van der Waals surface area contributed by atoms with Crippen LogP contribution < -0.4 is 0 Å². The third-order valence-corrected chi connectivity index (χ3v) is 6.44. The van der Waals surface area contributed by atoms with Crippen LogP contribution in [-0.4, -0.2) is 30.7 Å². The van der Waals surface area contributed by atoms with Crippen LogP contribution in [0.5, 0.6) is 0 Å². The molecule has 2 saturated heterocycles. The van der Waals surface area contributed by atoms with E-state index in [-0.39, 0.29) is 17.8 Å². The molecule has 0 aromatic heterocycles. The van der Waals surface area contributed by atoms with Crippen molar-refractivity contribution in [3.8, 4) is 0 Å². The van der Waals surface area contributed by atoms with Gasteiger partial charge in [-0.05, 0) is 43.5 Å². The molecule has 0 aliphatic carbocycles. The summed E-state index contributed by atoms with van der Waals surface area (Å²) < 4.78 is 12.8. The number of carbonyl (C=O) groups excluding carboxylic acids is 1. The van der Waals surface area contributed by atoms with E-state index in [1.807, 2.05) is 19.1 Å². The van der Waals surface area contributed by atoms with E-state index in [1.54, 1.807) is 12.1 Å². The number of ether oxygens (including phenoxy) is 2. The highest BCUT2D eigenvalue weighted by atomic mass is 79.9. The lowest BCUT2D eigenvalue weighted by atomic mass is 9.74. The van der Waals surface area contributed by atoms with Gasteiger partial charge in [0.05, 0.1) is 24.5 Å². The lowest BCUT2D eigenvalue weighted by Crippen LogP contribution is -2.47. The second-order valence-corrected chi connectivity index (χ2v) is 8.32. The number of fused-ring (bicyclic) bond motifs is 2. The third kappa shape index (κ3) is 3.73. The fourth-order valence-electron chi connectivity index (χ4n) is 3.71. The Hall–Kier alpha value is -1.24. The number of benzene rings is 1. The van der Waals surface area contributed by atoms with Crippen molar-refractivity contribution in [3.63, 3.8) is 0 Å². The van der Waals surface area contributed by atoms with Crippen molar-refractivity contribution in [2.75, 3.05) is 13.2 Å². The van der Waals surface area contributed by atoms with Gasteiger partial charge in [0.25, 0.3) is 0 Å². The molecular formula is C20H26BrNO4. The van der Waals surface area contributed by atoms with Gasteiger partial charge in [-0.15, -0.1) is 0 Å². The largest absolute Gasteiger partial charge is 0.365 e. The first-order valence-electron chi connectivity index (χ1n) is 9.18. The second-order valence-electron chi connectivity index (χ2n) is 7.41. The molecule has 26 heavy (non-hydrogen) atoms. The van der Waals surface area contributed by atoms with E-state index < -0.39 is 11.8 Å². The summed E-state index contributed by atoms with van der Waals surface area (Å²) in [5.74, 6) is -0.0385. The molecule has 0 saturated carbocycles. The van der Waals surface area contributed by atoms with Crippen molar-refractivity contribution in [3.05, 3.63) is 34.3 Å². The smallest absolute Gasteiger partial charge is 0.350 e. The molecule has 6 heteroatoms. The zero-order chi connectivity index (χ0) is 18.9. The maximum atomic E-state index is 12.3. The van der Waals surface area contributed by atoms with Crippen molar-refractivity contribution in [2.45, 2.75) is 39.9 Å². The van der Waals surface area contributed by atoms with E-state index in [0.717, 1.165) is 16.6 Å². The molecule has 1 aromatic rings. The highest BCUT2D eigenvalue weighted by molar-refractivity contribution is 9.10. The quantitative estimate of drug-likeness (QED) is 0.392. The third-order valence-electron chi connectivity index (χ3n) is 5.91. The first-order chi connectivity index (χ1) is 12.4. The molecule has 2 heterocycles. The maximum Gasteiger partial charge on any atom is 0.365 e. The number of halogens is 1. The van der Waals surface area contributed by atoms with Crippen LogP contribution >= 0.6 is 15.9 Å². The monoisotopic (exact) mass is 423 g/mol. The summed E-state index contributed by atoms with van der Waals surface area (Å²) in [6, 6.07) is 7.05. The zero-order valence-electron chi connectivity index (χ0n) is 15.7. The van der Waals surface area contributed by atoms with E-state index in [1.165, 1.54) is 0 Å². The predicted molar refractivity (Wildman–Crippen MR) is 103 cm³/mol. The van der Waals surface area contributed by atoms with Crippen LogP contribution in [0.4, 0.5) is 0 Å². The minimum atomic E-state index is -0.504. The normalized spacial score (nSPS) is 32.3. The van der Waals surface area contributed by atoms with E-state index >= 15 is 0 Å². The van der Waals surface area contributed by atoms with Gasteiger partial charge in [0.2, 0.25) is 0 Å². The van der Waals surface area contributed by atoms with Crippen LogP contribution in [-0.2, 0) is 14.3 Å². The Morgan fingerprint density at radius 3 is 2.65 bits per heavy atom. The van der Waals surface area contributed by atoms with Gasteiger partial charge < -0.3 is 14.3 Å². The fourth-order valence-corrected chi connectivity index (χ4v) is 3.98.